The molecule has 2 atom stereocenters. The zero-order valence-electron chi connectivity index (χ0n) is 8.69. The van der Waals surface area contributed by atoms with Crippen LogP contribution in [-0.2, 0) is 4.74 Å². The average molecular weight is 227 g/mol. The fraction of sp³-hybridized carbons (Fsp3) is 0.500. The van der Waals surface area contributed by atoms with Crippen LogP contribution in [0.5, 0.6) is 0 Å². The molecule has 82 valence electrons. The fourth-order valence-electron chi connectivity index (χ4n) is 1.90. The smallest absolute Gasteiger partial charge is 0.107 e. The molecule has 1 aromatic rings. The van der Waals surface area contributed by atoms with Gasteiger partial charge in [0.25, 0.3) is 0 Å². The second-order valence-corrected chi connectivity index (χ2v) is 4.41. The van der Waals surface area contributed by atoms with Gasteiger partial charge in [0.15, 0.2) is 0 Å². The van der Waals surface area contributed by atoms with Gasteiger partial charge >= 0.3 is 0 Å². The number of methoxy groups -OCH3 is 1. The average Bonchev–Trinajstić information content (AvgIpc) is 3.03. The van der Waals surface area contributed by atoms with Crippen molar-refractivity contribution in [2.24, 2.45) is 5.92 Å². The Labute approximate surface area is 94.8 Å². The predicted octanol–water partition coefficient (Wildman–Crippen LogP) is 2.80. The van der Waals surface area contributed by atoms with Crippen LogP contribution in [0.4, 0.5) is 0 Å². The third kappa shape index (κ3) is 2.33. The van der Waals surface area contributed by atoms with E-state index in [-0.39, 0.29) is 6.10 Å². The van der Waals surface area contributed by atoms with E-state index >= 15 is 0 Å². The zero-order valence-corrected chi connectivity index (χ0v) is 9.45. The van der Waals surface area contributed by atoms with E-state index in [9.17, 15) is 5.11 Å². The summed E-state index contributed by atoms with van der Waals surface area (Å²) in [6, 6.07) is 7.38. The van der Waals surface area contributed by atoms with Crippen molar-refractivity contribution in [2.75, 3.05) is 7.11 Å². The maximum absolute atomic E-state index is 10.2. The van der Waals surface area contributed by atoms with Gasteiger partial charge in [0.2, 0.25) is 0 Å². The summed E-state index contributed by atoms with van der Waals surface area (Å²) in [5.74, 6) is 0.487. The van der Waals surface area contributed by atoms with Crippen LogP contribution in [0.15, 0.2) is 24.3 Å². The van der Waals surface area contributed by atoms with Gasteiger partial charge in [-0.2, -0.15) is 0 Å². The SMILES string of the molecule is COC(C1CC1)C(O)c1ccccc1Cl. The Balaban J connectivity index is 2.18. The molecule has 2 nitrogen and oxygen atoms in total. The molecule has 1 saturated carbocycles. The number of aliphatic hydroxyl groups excluding tert-OH is 1. The molecule has 0 saturated heterocycles. The molecule has 2 unspecified atom stereocenters. The Morgan fingerprint density at radius 2 is 2.07 bits per heavy atom. The Hall–Kier alpha value is -0.570. The van der Waals surface area contributed by atoms with Crippen molar-refractivity contribution < 1.29 is 9.84 Å². The lowest BCUT2D eigenvalue weighted by molar-refractivity contribution is -0.0258. The largest absolute Gasteiger partial charge is 0.386 e. The maximum Gasteiger partial charge on any atom is 0.107 e. The van der Waals surface area contributed by atoms with Gasteiger partial charge in [-0.25, -0.2) is 0 Å². The Morgan fingerprint density at radius 1 is 1.40 bits per heavy atom. The van der Waals surface area contributed by atoms with E-state index in [2.05, 4.69) is 0 Å². The molecule has 1 aliphatic carbocycles. The summed E-state index contributed by atoms with van der Waals surface area (Å²) in [7, 11) is 1.64. The molecule has 1 N–H and O–H groups in total. The minimum atomic E-state index is -0.615. The summed E-state index contributed by atoms with van der Waals surface area (Å²) in [5.41, 5.74) is 0.762. The number of hydrogen-bond donors (Lipinski definition) is 1. The third-order valence-corrected chi connectivity index (χ3v) is 3.24. The lowest BCUT2D eigenvalue weighted by Gasteiger charge is -2.22. The highest BCUT2D eigenvalue weighted by atomic mass is 35.5. The zero-order chi connectivity index (χ0) is 10.8. The van der Waals surface area contributed by atoms with Gasteiger partial charge < -0.3 is 9.84 Å². The minimum absolute atomic E-state index is 0.120. The highest BCUT2D eigenvalue weighted by molar-refractivity contribution is 6.31. The molecular formula is C12H15ClO2. The van der Waals surface area contributed by atoms with Crippen molar-refractivity contribution in [1.82, 2.24) is 0 Å². The van der Waals surface area contributed by atoms with E-state index in [0.717, 1.165) is 18.4 Å². The van der Waals surface area contributed by atoms with Gasteiger partial charge in [0, 0.05) is 17.7 Å². The van der Waals surface area contributed by atoms with Gasteiger partial charge in [0.1, 0.15) is 6.10 Å². The summed E-state index contributed by atoms with van der Waals surface area (Å²) in [6.45, 7) is 0. The summed E-state index contributed by atoms with van der Waals surface area (Å²) in [6.07, 6.45) is 1.54. The molecule has 0 bridgehead atoms. The van der Waals surface area contributed by atoms with Crippen LogP contribution < -0.4 is 0 Å². The lowest BCUT2D eigenvalue weighted by Crippen LogP contribution is -2.23. The normalized spacial score (nSPS) is 19.9. The van der Waals surface area contributed by atoms with E-state index < -0.39 is 6.10 Å². The second-order valence-electron chi connectivity index (χ2n) is 4.00. The van der Waals surface area contributed by atoms with Crippen LogP contribution in [0, 0.1) is 5.92 Å². The minimum Gasteiger partial charge on any atom is -0.386 e. The van der Waals surface area contributed by atoms with Crippen LogP contribution in [-0.4, -0.2) is 18.3 Å². The molecular weight excluding hydrogens is 212 g/mol. The van der Waals surface area contributed by atoms with E-state index in [1.807, 2.05) is 18.2 Å². The van der Waals surface area contributed by atoms with E-state index in [0.29, 0.717) is 10.9 Å². The van der Waals surface area contributed by atoms with Crippen LogP contribution in [0.2, 0.25) is 5.02 Å². The summed E-state index contributed by atoms with van der Waals surface area (Å²) < 4.78 is 5.34. The second kappa shape index (κ2) is 4.52. The van der Waals surface area contributed by atoms with Crippen LogP contribution in [0.1, 0.15) is 24.5 Å². The van der Waals surface area contributed by atoms with E-state index in [1.54, 1.807) is 13.2 Å². The van der Waals surface area contributed by atoms with Crippen molar-refractivity contribution in [3.63, 3.8) is 0 Å². The summed E-state index contributed by atoms with van der Waals surface area (Å²) in [5, 5.41) is 10.8. The van der Waals surface area contributed by atoms with Gasteiger partial charge in [-0.1, -0.05) is 29.8 Å². The molecule has 3 heteroatoms. The fourth-order valence-corrected chi connectivity index (χ4v) is 2.14. The van der Waals surface area contributed by atoms with Gasteiger partial charge in [-0.3, -0.25) is 0 Å². The van der Waals surface area contributed by atoms with Gasteiger partial charge in [0.05, 0.1) is 6.10 Å². The van der Waals surface area contributed by atoms with Crippen molar-refractivity contribution in [3.8, 4) is 0 Å². The molecule has 2 rings (SSSR count). The molecule has 0 aliphatic heterocycles. The Morgan fingerprint density at radius 3 is 2.60 bits per heavy atom. The number of rotatable bonds is 4. The van der Waals surface area contributed by atoms with Gasteiger partial charge in [-0.15, -0.1) is 0 Å². The topological polar surface area (TPSA) is 29.5 Å². The first-order valence-electron chi connectivity index (χ1n) is 5.19. The van der Waals surface area contributed by atoms with Crippen molar-refractivity contribution >= 4 is 11.6 Å². The molecule has 0 amide bonds. The van der Waals surface area contributed by atoms with Crippen LogP contribution in [0.25, 0.3) is 0 Å². The first-order valence-corrected chi connectivity index (χ1v) is 5.57. The van der Waals surface area contributed by atoms with Crippen molar-refractivity contribution in [1.29, 1.82) is 0 Å². The quantitative estimate of drug-likeness (QED) is 0.856. The Kier molecular flexibility index (Phi) is 3.29. The number of ether oxygens (including phenoxy) is 1. The first kappa shape index (κ1) is 10.9. The lowest BCUT2D eigenvalue weighted by atomic mass is 10.0. The van der Waals surface area contributed by atoms with Crippen molar-refractivity contribution in [2.45, 2.75) is 25.0 Å². The molecule has 0 aromatic heterocycles. The van der Waals surface area contributed by atoms with E-state index in [4.69, 9.17) is 16.3 Å². The predicted molar refractivity (Wildman–Crippen MR) is 59.9 cm³/mol. The number of hydrogen-bond acceptors (Lipinski definition) is 2. The summed E-state index contributed by atoms with van der Waals surface area (Å²) >= 11 is 6.03. The molecule has 1 aromatic carbocycles. The summed E-state index contributed by atoms with van der Waals surface area (Å²) in [4.78, 5) is 0. The number of aliphatic hydroxyl groups is 1. The Bertz CT molecular complexity index is 336. The third-order valence-electron chi connectivity index (χ3n) is 2.89. The molecule has 0 radical (unpaired) electrons. The number of halogens is 1. The monoisotopic (exact) mass is 226 g/mol. The molecule has 1 aliphatic rings. The molecule has 0 heterocycles. The first-order chi connectivity index (χ1) is 7.24. The maximum atomic E-state index is 10.2. The van der Waals surface area contributed by atoms with E-state index in [1.165, 1.54) is 0 Å². The molecule has 15 heavy (non-hydrogen) atoms. The molecule has 0 spiro atoms. The number of benzene rings is 1. The van der Waals surface area contributed by atoms with Crippen LogP contribution >= 0.6 is 11.6 Å². The highest BCUT2D eigenvalue weighted by Crippen LogP contribution is 2.40. The van der Waals surface area contributed by atoms with Crippen LogP contribution in [0.3, 0.4) is 0 Å². The standard InChI is InChI=1S/C12H15ClO2/c1-15-12(8-6-7-8)11(14)9-4-2-3-5-10(9)13/h2-5,8,11-12,14H,6-7H2,1H3. The highest BCUT2D eigenvalue weighted by Gasteiger charge is 2.37. The molecule has 1 fully saturated rings. The van der Waals surface area contributed by atoms with Crippen molar-refractivity contribution in [3.05, 3.63) is 34.9 Å². The van der Waals surface area contributed by atoms with Gasteiger partial charge in [-0.05, 0) is 24.8 Å².